The Balaban J connectivity index is 1.58. The van der Waals surface area contributed by atoms with Crippen LogP contribution in [-0.2, 0) is 21.1 Å². The Labute approximate surface area is 174 Å². The van der Waals surface area contributed by atoms with Crippen molar-refractivity contribution in [2.75, 3.05) is 12.8 Å². The molecule has 1 aliphatic rings. The van der Waals surface area contributed by atoms with E-state index in [4.69, 9.17) is 0 Å². The van der Waals surface area contributed by atoms with Gasteiger partial charge < -0.3 is 4.90 Å². The van der Waals surface area contributed by atoms with Crippen LogP contribution in [0.2, 0.25) is 0 Å². The maximum absolute atomic E-state index is 13.0. The van der Waals surface area contributed by atoms with E-state index in [1.165, 1.54) is 16.6 Å². The Morgan fingerprint density at radius 2 is 1.93 bits per heavy atom. The molecule has 1 aromatic carbocycles. The van der Waals surface area contributed by atoms with Gasteiger partial charge in [0, 0.05) is 30.1 Å². The number of nitrogens with zero attached hydrogens (tertiary/aromatic N) is 3. The SMILES string of the molecule is Cc1nc2cc(C3CCCN3C(=O)Cc3ccc(S(C)(=O)=O)cc3)[nH]n2c(=O)c1C. The average Bonchev–Trinajstić information content (AvgIpc) is 3.33. The summed E-state index contributed by atoms with van der Waals surface area (Å²) in [5.41, 5.74) is 3.27. The smallest absolute Gasteiger partial charge is 0.275 e. The van der Waals surface area contributed by atoms with E-state index >= 15 is 0 Å². The zero-order valence-corrected chi connectivity index (χ0v) is 18.0. The van der Waals surface area contributed by atoms with Gasteiger partial charge in [-0.05, 0) is 44.4 Å². The lowest BCUT2D eigenvalue weighted by molar-refractivity contribution is -0.131. The van der Waals surface area contributed by atoms with Crippen molar-refractivity contribution < 1.29 is 13.2 Å². The molecule has 158 valence electrons. The van der Waals surface area contributed by atoms with Gasteiger partial charge in [0.2, 0.25) is 5.91 Å². The van der Waals surface area contributed by atoms with Crippen LogP contribution in [0.15, 0.2) is 40.0 Å². The first-order valence-electron chi connectivity index (χ1n) is 9.82. The number of hydrogen-bond acceptors (Lipinski definition) is 5. The fourth-order valence-electron chi connectivity index (χ4n) is 3.93. The lowest BCUT2D eigenvalue weighted by Crippen LogP contribution is -2.32. The van der Waals surface area contributed by atoms with Crippen molar-refractivity contribution in [2.45, 2.75) is 44.0 Å². The van der Waals surface area contributed by atoms with Crippen molar-refractivity contribution in [1.29, 1.82) is 0 Å². The second-order valence-corrected chi connectivity index (χ2v) is 9.89. The molecule has 3 heterocycles. The zero-order chi connectivity index (χ0) is 21.6. The van der Waals surface area contributed by atoms with Gasteiger partial charge in [-0.1, -0.05) is 12.1 Å². The molecule has 1 amide bonds. The number of sulfone groups is 1. The Kier molecular flexibility index (Phi) is 5.01. The number of H-pyrrole nitrogens is 1. The van der Waals surface area contributed by atoms with Gasteiger partial charge in [0.05, 0.1) is 23.1 Å². The first-order valence-corrected chi connectivity index (χ1v) is 11.7. The number of amides is 1. The van der Waals surface area contributed by atoms with Crippen LogP contribution in [-0.4, -0.2) is 46.6 Å². The van der Waals surface area contributed by atoms with Gasteiger partial charge in [0.1, 0.15) is 0 Å². The molecule has 9 heteroatoms. The summed E-state index contributed by atoms with van der Waals surface area (Å²) in [6.45, 7) is 4.20. The van der Waals surface area contributed by atoms with E-state index < -0.39 is 9.84 Å². The number of aromatic nitrogens is 3. The minimum absolute atomic E-state index is 0.0315. The highest BCUT2D eigenvalue weighted by molar-refractivity contribution is 7.90. The van der Waals surface area contributed by atoms with Gasteiger partial charge in [0.15, 0.2) is 15.5 Å². The Bertz CT molecular complexity index is 1290. The van der Waals surface area contributed by atoms with Crippen LogP contribution < -0.4 is 5.56 Å². The van der Waals surface area contributed by atoms with Crippen LogP contribution >= 0.6 is 0 Å². The van der Waals surface area contributed by atoms with Gasteiger partial charge >= 0.3 is 0 Å². The second kappa shape index (κ2) is 7.39. The average molecular weight is 429 g/mol. The molecule has 1 N–H and O–H groups in total. The standard InChI is InChI=1S/C21H24N4O4S/c1-13-14(2)22-19-12-17(23-25(19)21(13)27)18-5-4-10-24(18)20(26)11-15-6-8-16(9-7-15)30(3,28)29/h6-9,12,18,23H,4-5,10-11H2,1-3H3. The highest BCUT2D eigenvalue weighted by Crippen LogP contribution is 2.32. The first-order chi connectivity index (χ1) is 14.1. The topological polar surface area (TPSA) is 105 Å². The molecule has 3 aromatic rings. The van der Waals surface area contributed by atoms with E-state index in [1.54, 1.807) is 19.1 Å². The Morgan fingerprint density at radius 1 is 1.23 bits per heavy atom. The molecule has 1 saturated heterocycles. The fraction of sp³-hybridized carbons (Fsp3) is 0.381. The number of likely N-dealkylation sites (tertiary alicyclic amines) is 1. The van der Waals surface area contributed by atoms with Crippen molar-refractivity contribution in [3.63, 3.8) is 0 Å². The van der Waals surface area contributed by atoms with E-state index in [9.17, 15) is 18.0 Å². The third kappa shape index (κ3) is 3.65. The van der Waals surface area contributed by atoms with Crippen molar-refractivity contribution in [2.24, 2.45) is 0 Å². The van der Waals surface area contributed by atoms with Crippen LogP contribution in [0.4, 0.5) is 0 Å². The molecule has 0 radical (unpaired) electrons. The number of aryl methyl sites for hydroxylation is 1. The molecule has 0 bridgehead atoms. The molecule has 0 aliphatic carbocycles. The molecular weight excluding hydrogens is 404 g/mol. The van der Waals surface area contributed by atoms with Crippen molar-refractivity contribution in [1.82, 2.24) is 19.5 Å². The number of carbonyl (C=O) groups excluding carboxylic acids is 1. The minimum Gasteiger partial charge on any atom is -0.334 e. The molecule has 1 fully saturated rings. The molecule has 4 rings (SSSR count). The maximum Gasteiger partial charge on any atom is 0.275 e. The largest absolute Gasteiger partial charge is 0.334 e. The summed E-state index contributed by atoms with van der Waals surface area (Å²) < 4.78 is 24.6. The fourth-order valence-corrected chi connectivity index (χ4v) is 4.56. The third-order valence-electron chi connectivity index (χ3n) is 5.74. The van der Waals surface area contributed by atoms with E-state index in [0.29, 0.717) is 23.4 Å². The number of hydrogen-bond donors (Lipinski definition) is 1. The van der Waals surface area contributed by atoms with Gasteiger partial charge in [-0.3, -0.25) is 14.7 Å². The van der Waals surface area contributed by atoms with Crippen molar-refractivity contribution in [3.8, 4) is 0 Å². The number of carbonyl (C=O) groups is 1. The van der Waals surface area contributed by atoms with Crippen LogP contribution in [0.25, 0.3) is 5.65 Å². The molecule has 1 unspecified atom stereocenters. The predicted octanol–water partition coefficient (Wildman–Crippen LogP) is 1.95. The van der Waals surface area contributed by atoms with Gasteiger partial charge in [-0.2, -0.15) is 0 Å². The lowest BCUT2D eigenvalue weighted by atomic mass is 10.1. The summed E-state index contributed by atoms with van der Waals surface area (Å²) in [7, 11) is -3.26. The monoisotopic (exact) mass is 428 g/mol. The lowest BCUT2D eigenvalue weighted by Gasteiger charge is -2.24. The number of fused-ring (bicyclic) bond motifs is 1. The predicted molar refractivity (Wildman–Crippen MR) is 112 cm³/mol. The molecule has 0 saturated carbocycles. The number of rotatable bonds is 4. The summed E-state index contributed by atoms with van der Waals surface area (Å²) in [6.07, 6.45) is 3.03. The van der Waals surface area contributed by atoms with Crippen LogP contribution in [0, 0.1) is 13.8 Å². The van der Waals surface area contributed by atoms with Crippen LogP contribution in [0.1, 0.15) is 41.4 Å². The highest BCUT2D eigenvalue weighted by atomic mass is 32.2. The second-order valence-electron chi connectivity index (χ2n) is 7.87. The van der Waals surface area contributed by atoms with Gasteiger partial charge in [0.25, 0.3) is 5.56 Å². The summed E-state index contributed by atoms with van der Waals surface area (Å²) in [6, 6.07) is 8.11. The normalized spacial score (nSPS) is 17.0. The van der Waals surface area contributed by atoms with Crippen molar-refractivity contribution in [3.05, 3.63) is 63.2 Å². The first kappa shape index (κ1) is 20.3. The minimum atomic E-state index is -3.26. The molecule has 2 aromatic heterocycles. The van der Waals surface area contributed by atoms with Crippen LogP contribution in [0.5, 0.6) is 0 Å². The van der Waals surface area contributed by atoms with E-state index in [2.05, 4.69) is 10.1 Å². The molecule has 1 aliphatic heterocycles. The zero-order valence-electron chi connectivity index (χ0n) is 17.2. The molecule has 0 spiro atoms. The highest BCUT2D eigenvalue weighted by Gasteiger charge is 2.31. The number of aromatic amines is 1. The molecule has 30 heavy (non-hydrogen) atoms. The van der Waals surface area contributed by atoms with E-state index in [0.717, 1.165) is 30.4 Å². The number of benzene rings is 1. The van der Waals surface area contributed by atoms with E-state index in [-0.39, 0.29) is 28.8 Å². The summed E-state index contributed by atoms with van der Waals surface area (Å²) >= 11 is 0. The van der Waals surface area contributed by atoms with Gasteiger partial charge in [-0.15, -0.1) is 0 Å². The summed E-state index contributed by atoms with van der Waals surface area (Å²) in [5, 5.41) is 3.13. The molecule has 1 atom stereocenters. The molecular formula is C21H24N4O4S. The van der Waals surface area contributed by atoms with Crippen molar-refractivity contribution >= 4 is 21.4 Å². The molecule has 8 nitrogen and oxygen atoms in total. The summed E-state index contributed by atoms with van der Waals surface area (Å²) in [4.78, 5) is 32.0. The van der Waals surface area contributed by atoms with E-state index in [1.807, 2.05) is 17.9 Å². The quantitative estimate of drug-likeness (QED) is 0.684. The Hall–Kier alpha value is -2.94. The maximum atomic E-state index is 13.0. The third-order valence-corrected chi connectivity index (χ3v) is 6.87. The number of nitrogens with one attached hydrogen (secondary N) is 1. The van der Waals surface area contributed by atoms with Gasteiger partial charge in [-0.25, -0.2) is 17.9 Å². The Morgan fingerprint density at radius 3 is 2.60 bits per heavy atom. The van der Waals surface area contributed by atoms with Crippen LogP contribution in [0.3, 0.4) is 0 Å². The summed E-state index contributed by atoms with van der Waals surface area (Å²) in [5.74, 6) is -0.0315.